The smallest absolute Gasteiger partial charge is 0.194 e. The summed E-state index contributed by atoms with van der Waals surface area (Å²) in [6.45, 7) is 7.61. The Morgan fingerprint density at radius 3 is 2.78 bits per heavy atom. The normalized spacial score (nSPS) is 16.5. The molecule has 6 heteroatoms. The average molecular weight is 340 g/mol. The Bertz CT molecular complexity index is 529. The van der Waals surface area contributed by atoms with Crippen LogP contribution in [0.5, 0.6) is 5.75 Å². The molecule has 1 heterocycles. The van der Waals surface area contributed by atoms with E-state index in [0.29, 0.717) is 18.2 Å². The number of likely N-dealkylation sites (tertiary alicyclic amines) is 1. The Hall–Kier alpha value is -1.46. The summed E-state index contributed by atoms with van der Waals surface area (Å²) < 4.78 is 5.65. The topological polar surface area (TPSA) is 57.1 Å². The molecule has 0 amide bonds. The van der Waals surface area contributed by atoms with Crippen LogP contribution in [0.25, 0.3) is 0 Å². The third-order valence-corrected chi connectivity index (χ3v) is 4.06. The number of hydrogen-bond donors (Lipinski definition) is 2. The zero-order chi connectivity index (χ0) is 16.7. The van der Waals surface area contributed by atoms with Crippen molar-refractivity contribution in [1.29, 1.82) is 0 Å². The monoisotopic (exact) mass is 339 g/mol. The van der Waals surface area contributed by atoms with E-state index in [-0.39, 0.29) is 6.10 Å². The molecule has 23 heavy (non-hydrogen) atoms. The third-order valence-electron chi connectivity index (χ3n) is 3.83. The first-order chi connectivity index (χ1) is 11.1. The minimum atomic E-state index is -0.185. The van der Waals surface area contributed by atoms with Gasteiger partial charge in [0.15, 0.2) is 5.96 Å². The van der Waals surface area contributed by atoms with Crippen LogP contribution in [-0.4, -0.2) is 48.3 Å². The van der Waals surface area contributed by atoms with Crippen molar-refractivity contribution in [1.82, 2.24) is 10.2 Å². The van der Waals surface area contributed by atoms with Crippen molar-refractivity contribution in [2.45, 2.75) is 39.3 Å². The van der Waals surface area contributed by atoms with Gasteiger partial charge < -0.3 is 20.1 Å². The highest BCUT2D eigenvalue weighted by Gasteiger charge is 2.19. The van der Waals surface area contributed by atoms with E-state index in [0.717, 1.165) is 49.7 Å². The van der Waals surface area contributed by atoms with Crippen molar-refractivity contribution in [3.05, 3.63) is 28.8 Å². The molecule has 2 rings (SSSR count). The fourth-order valence-electron chi connectivity index (χ4n) is 2.61. The zero-order valence-corrected chi connectivity index (χ0v) is 14.6. The highest BCUT2D eigenvalue weighted by molar-refractivity contribution is 6.30. The summed E-state index contributed by atoms with van der Waals surface area (Å²) in [5.74, 6) is 1.67. The Morgan fingerprint density at radius 2 is 2.13 bits per heavy atom. The lowest BCUT2D eigenvalue weighted by Gasteiger charge is -2.32. The average Bonchev–Trinajstić information content (AvgIpc) is 2.54. The molecular formula is C17H26ClN3O2. The lowest BCUT2D eigenvalue weighted by Crippen LogP contribution is -2.46. The van der Waals surface area contributed by atoms with E-state index >= 15 is 0 Å². The van der Waals surface area contributed by atoms with Gasteiger partial charge in [0.05, 0.1) is 19.3 Å². The van der Waals surface area contributed by atoms with E-state index in [1.165, 1.54) is 0 Å². The van der Waals surface area contributed by atoms with Gasteiger partial charge in [0, 0.05) is 30.2 Å². The van der Waals surface area contributed by atoms with Gasteiger partial charge >= 0.3 is 0 Å². The molecular weight excluding hydrogens is 314 g/mol. The van der Waals surface area contributed by atoms with Gasteiger partial charge in [-0.25, -0.2) is 4.99 Å². The highest BCUT2D eigenvalue weighted by atomic mass is 35.5. The summed E-state index contributed by atoms with van der Waals surface area (Å²) >= 11 is 6.04. The first-order valence-corrected chi connectivity index (χ1v) is 8.64. The van der Waals surface area contributed by atoms with E-state index in [9.17, 15) is 5.11 Å². The summed E-state index contributed by atoms with van der Waals surface area (Å²) in [5.41, 5.74) is 1.02. The Morgan fingerprint density at radius 1 is 1.39 bits per heavy atom. The van der Waals surface area contributed by atoms with Crippen LogP contribution < -0.4 is 10.1 Å². The number of aliphatic hydroxyl groups excluding tert-OH is 1. The second-order valence-electron chi connectivity index (χ2n) is 5.57. The van der Waals surface area contributed by atoms with Crippen molar-refractivity contribution in [2.75, 3.05) is 26.2 Å². The number of halogens is 1. The number of ether oxygens (including phenoxy) is 1. The predicted octanol–water partition coefficient (Wildman–Crippen LogP) is 2.66. The Balaban J connectivity index is 2.11. The molecule has 1 aliphatic rings. The lowest BCUT2D eigenvalue weighted by molar-refractivity contribution is 0.108. The van der Waals surface area contributed by atoms with Crippen LogP contribution >= 0.6 is 11.6 Å². The van der Waals surface area contributed by atoms with Crippen LogP contribution in [0.3, 0.4) is 0 Å². The molecule has 0 aromatic heterocycles. The number of rotatable bonds is 5. The first kappa shape index (κ1) is 17.9. The minimum absolute atomic E-state index is 0.185. The zero-order valence-electron chi connectivity index (χ0n) is 13.9. The number of hydrogen-bond acceptors (Lipinski definition) is 3. The molecule has 0 atom stereocenters. The van der Waals surface area contributed by atoms with E-state index in [4.69, 9.17) is 21.3 Å². The fraction of sp³-hybridized carbons (Fsp3) is 0.588. The molecule has 128 valence electrons. The number of benzene rings is 1. The van der Waals surface area contributed by atoms with Gasteiger partial charge in [-0.1, -0.05) is 17.7 Å². The molecule has 1 aromatic rings. The van der Waals surface area contributed by atoms with Crippen LogP contribution in [0.4, 0.5) is 0 Å². The lowest BCUT2D eigenvalue weighted by atomic mass is 10.1. The van der Waals surface area contributed by atoms with Gasteiger partial charge in [0.25, 0.3) is 0 Å². The molecule has 0 spiro atoms. The van der Waals surface area contributed by atoms with Crippen molar-refractivity contribution >= 4 is 17.6 Å². The van der Waals surface area contributed by atoms with E-state index in [2.05, 4.69) is 17.1 Å². The molecule has 2 N–H and O–H groups in total. The maximum absolute atomic E-state index is 9.65. The summed E-state index contributed by atoms with van der Waals surface area (Å²) in [5, 5.41) is 13.6. The van der Waals surface area contributed by atoms with Crippen molar-refractivity contribution < 1.29 is 9.84 Å². The van der Waals surface area contributed by atoms with Crippen LogP contribution in [0.15, 0.2) is 23.2 Å². The van der Waals surface area contributed by atoms with E-state index in [1.807, 2.05) is 25.1 Å². The number of aliphatic imine (C=N–C) groups is 1. The van der Waals surface area contributed by atoms with Crippen LogP contribution in [-0.2, 0) is 6.54 Å². The molecule has 1 fully saturated rings. The van der Waals surface area contributed by atoms with Gasteiger partial charge in [-0.15, -0.1) is 0 Å². The molecule has 0 unspecified atom stereocenters. The largest absolute Gasteiger partial charge is 0.493 e. The number of guanidine groups is 1. The van der Waals surface area contributed by atoms with Gasteiger partial charge in [-0.3, -0.25) is 0 Å². The predicted molar refractivity (Wildman–Crippen MR) is 94.3 cm³/mol. The molecule has 1 saturated heterocycles. The molecule has 1 aromatic carbocycles. The van der Waals surface area contributed by atoms with Crippen LogP contribution in [0, 0.1) is 0 Å². The van der Waals surface area contributed by atoms with Gasteiger partial charge in [-0.05, 0) is 38.8 Å². The van der Waals surface area contributed by atoms with Gasteiger partial charge in [-0.2, -0.15) is 0 Å². The number of nitrogens with zero attached hydrogens (tertiary/aromatic N) is 2. The van der Waals surface area contributed by atoms with E-state index < -0.39 is 0 Å². The second kappa shape index (κ2) is 8.99. The third kappa shape index (κ3) is 5.29. The van der Waals surface area contributed by atoms with Gasteiger partial charge in [0.2, 0.25) is 0 Å². The SMILES string of the molecule is CCNC(=NCc1ccc(Cl)cc1OCC)N1CCC(O)CC1. The number of nitrogens with one attached hydrogen (secondary N) is 1. The standard InChI is InChI=1S/C17H26ClN3O2/c1-3-19-17(21-9-7-15(22)8-10-21)20-12-13-5-6-14(18)11-16(13)23-4-2/h5-6,11,15,22H,3-4,7-10,12H2,1-2H3,(H,19,20). The van der Waals surface area contributed by atoms with Crippen LogP contribution in [0.1, 0.15) is 32.3 Å². The minimum Gasteiger partial charge on any atom is -0.493 e. The summed E-state index contributed by atoms with van der Waals surface area (Å²) in [6, 6.07) is 5.65. The van der Waals surface area contributed by atoms with Crippen molar-refractivity contribution in [2.24, 2.45) is 4.99 Å². The fourth-order valence-corrected chi connectivity index (χ4v) is 2.77. The molecule has 0 radical (unpaired) electrons. The van der Waals surface area contributed by atoms with Gasteiger partial charge in [0.1, 0.15) is 5.75 Å². The summed E-state index contributed by atoms with van der Waals surface area (Å²) in [6.07, 6.45) is 1.39. The molecule has 1 aliphatic heterocycles. The summed E-state index contributed by atoms with van der Waals surface area (Å²) in [7, 11) is 0. The highest BCUT2D eigenvalue weighted by Crippen LogP contribution is 2.24. The Kier molecular flexibility index (Phi) is 6.99. The van der Waals surface area contributed by atoms with E-state index in [1.54, 1.807) is 0 Å². The van der Waals surface area contributed by atoms with Crippen LogP contribution in [0.2, 0.25) is 5.02 Å². The maximum Gasteiger partial charge on any atom is 0.194 e. The van der Waals surface area contributed by atoms with Crippen molar-refractivity contribution in [3.63, 3.8) is 0 Å². The Labute approximate surface area is 143 Å². The molecule has 0 bridgehead atoms. The molecule has 0 aliphatic carbocycles. The number of piperidine rings is 1. The quantitative estimate of drug-likeness (QED) is 0.639. The molecule has 5 nitrogen and oxygen atoms in total. The van der Waals surface area contributed by atoms with Crippen molar-refractivity contribution in [3.8, 4) is 5.75 Å². The molecule has 0 saturated carbocycles. The maximum atomic E-state index is 9.65. The summed E-state index contributed by atoms with van der Waals surface area (Å²) in [4.78, 5) is 6.93. The number of aliphatic hydroxyl groups is 1. The first-order valence-electron chi connectivity index (χ1n) is 8.26. The second-order valence-corrected chi connectivity index (χ2v) is 6.01.